The van der Waals surface area contributed by atoms with Crippen molar-refractivity contribution in [3.63, 3.8) is 0 Å². The van der Waals surface area contributed by atoms with E-state index in [4.69, 9.17) is 21.1 Å². The number of nitrogens with zero attached hydrogens (tertiary/aromatic N) is 2. The fraction of sp³-hybridized carbons (Fsp3) is 0.333. The molecule has 2 heterocycles. The zero-order valence-electron chi connectivity index (χ0n) is 19.7. The highest BCUT2D eigenvalue weighted by molar-refractivity contribution is 9.10. The summed E-state index contributed by atoms with van der Waals surface area (Å²) in [5, 5.41) is 8.58. The van der Waals surface area contributed by atoms with Gasteiger partial charge in [-0.25, -0.2) is 4.98 Å². The third kappa shape index (κ3) is 4.43. The molecule has 1 saturated carbocycles. The largest absolute Gasteiger partial charge is 0.455 e. The van der Waals surface area contributed by atoms with Gasteiger partial charge in [-0.05, 0) is 80.0 Å². The Morgan fingerprint density at radius 1 is 1.21 bits per heavy atom. The van der Waals surface area contributed by atoms with Gasteiger partial charge in [-0.1, -0.05) is 40.5 Å². The Hall–Kier alpha value is -2.15. The van der Waals surface area contributed by atoms with Crippen LogP contribution in [0.4, 0.5) is 5.13 Å². The molecule has 2 aromatic heterocycles. The summed E-state index contributed by atoms with van der Waals surface area (Å²) >= 11 is 11.0. The Bertz CT molecular complexity index is 1380. The fourth-order valence-corrected chi connectivity index (χ4v) is 6.83. The van der Waals surface area contributed by atoms with Crippen molar-refractivity contribution in [3.8, 4) is 0 Å². The van der Waals surface area contributed by atoms with Gasteiger partial charge in [-0.2, -0.15) is 5.10 Å². The summed E-state index contributed by atoms with van der Waals surface area (Å²) < 4.78 is 7.29. The number of halogens is 2. The molecule has 0 atom stereocenters. The van der Waals surface area contributed by atoms with E-state index in [0.717, 1.165) is 50.6 Å². The van der Waals surface area contributed by atoms with Crippen LogP contribution in [0.2, 0.25) is 0 Å². The first-order valence-electron chi connectivity index (χ1n) is 11.4. The number of benzene rings is 2. The van der Waals surface area contributed by atoms with Crippen LogP contribution in [0.15, 0.2) is 55.8 Å². The SMILES string of the molecule is Cc1cc(C)c(C2(C)CC(/C(=N\Nc3nc(CCl)cs3)c3cc4cc(Br)ccc4o3)C2)c(C)c1. The second kappa shape index (κ2) is 9.14. The quantitative estimate of drug-likeness (QED) is 0.147. The number of alkyl halides is 1. The van der Waals surface area contributed by atoms with Gasteiger partial charge < -0.3 is 4.42 Å². The summed E-state index contributed by atoms with van der Waals surface area (Å²) in [6, 6.07) is 12.7. The summed E-state index contributed by atoms with van der Waals surface area (Å²) in [5.74, 6) is 1.48. The van der Waals surface area contributed by atoms with Gasteiger partial charge >= 0.3 is 0 Å². The van der Waals surface area contributed by atoms with Gasteiger partial charge in [0.05, 0.1) is 11.6 Å². The van der Waals surface area contributed by atoms with Crippen molar-refractivity contribution in [1.82, 2.24) is 4.98 Å². The van der Waals surface area contributed by atoms with E-state index in [0.29, 0.717) is 5.88 Å². The third-order valence-electron chi connectivity index (χ3n) is 6.75. The van der Waals surface area contributed by atoms with Gasteiger partial charge in [0.15, 0.2) is 5.76 Å². The number of hydrogen-bond donors (Lipinski definition) is 1. The maximum Gasteiger partial charge on any atom is 0.203 e. The van der Waals surface area contributed by atoms with E-state index in [1.807, 2.05) is 17.5 Å². The van der Waals surface area contributed by atoms with E-state index in [9.17, 15) is 0 Å². The molecule has 34 heavy (non-hydrogen) atoms. The molecule has 4 aromatic rings. The highest BCUT2D eigenvalue weighted by Gasteiger charge is 2.46. The number of thiazole rings is 1. The first kappa shape index (κ1) is 23.6. The van der Waals surface area contributed by atoms with Gasteiger partial charge in [0, 0.05) is 21.2 Å². The van der Waals surface area contributed by atoms with E-state index >= 15 is 0 Å². The number of hydrogen-bond acceptors (Lipinski definition) is 5. The zero-order chi connectivity index (χ0) is 24.0. The lowest BCUT2D eigenvalue weighted by molar-refractivity contribution is 0.215. The first-order valence-corrected chi connectivity index (χ1v) is 13.6. The van der Waals surface area contributed by atoms with Crippen molar-refractivity contribution >= 4 is 60.7 Å². The van der Waals surface area contributed by atoms with Crippen LogP contribution in [0, 0.1) is 26.7 Å². The van der Waals surface area contributed by atoms with Crippen molar-refractivity contribution in [2.45, 2.75) is 51.8 Å². The smallest absolute Gasteiger partial charge is 0.203 e. The number of furan rings is 1. The van der Waals surface area contributed by atoms with Gasteiger partial charge in [-0.15, -0.1) is 22.9 Å². The maximum atomic E-state index is 6.26. The van der Waals surface area contributed by atoms with Gasteiger partial charge in [0.2, 0.25) is 5.13 Å². The van der Waals surface area contributed by atoms with Gasteiger partial charge in [-0.3, -0.25) is 5.43 Å². The van der Waals surface area contributed by atoms with E-state index in [1.165, 1.54) is 33.6 Å². The Balaban J connectivity index is 1.48. The lowest BCUT2D eigenvalue weighted by atomic mass is 9.57. The van der Waals surface area contributed by atoms with Crippen LogP contribution < -0.4 is 5.43 Å². The normalized spacial score (nSPS) is 20.5. The summed E-state index contributed by atoms with van der Waals surface area (Å²) in [6.45, 7) is 9.01. The molecule has 1 aliphatic rings. The predicted molar refractivity (Wildman–Crippen MR) is 146 cm³/mol. The van der Waals surface area contributed by atoms with E-state index in [1.54, 1.807) is 0 Å². The second-order valence-electron chi connectivity index (χ2n) is 9.62. The highest BCUT2D eigenvalue weighted by atomic mass is 79.9. The topological polar surface area (TPSA) is 50.4 Å². The van der Waals surface area contributed by atoms with Crippen LogP contribution >= 0.6 is 38.9 Å². The van der Waals surface area contributed by atoms with Crippen LogP contribution in [0.5, 0.6) is 0 Å². The number of aromatic nitrogens is 1. The Kier molecular flexibility index (Phi) is 6.34. The molecule has 0 radical (unpaired) electrons. The number of fused-ring (bicyclic) bond motifs is 1. The van der Waals surface area contributed by atoms with Crippen molar-refractivity contribution in [2.75, 3.05) is 5.43 Å². The second-order valence-corrected chi connectivity index (χ2v) is 11.7. The predicted octanol–water partition coefficient (Wildman–Crippen LogP) is 8.50. The molecule has 1 fully saturated rings. The van der Waals surface area contributed by atoms with E-state index in [2.05, 4.69) is 78.3 Å². The van der Waals surface area contributed by atoms with Crippen molar-refractivity contribution in [2.24, 2.45) is 11.0 Å². The molecule has 2 aromatic carbocycles. The van der Waals surface area contributed by atoms with Crippen molar-refractivity contribution < 1.29 is 4.42 Å². The molecule has 0 spiro atoms. The molecule has 4 nitrogen and oxygen atoms in total. The highest BCUT2D eigenvalue weighted by Crippen LogP contribution is 2.51. The number of hydrazone groups is 1. The van der Waals surface area contributed by atoms with E-state index in [-0.39, 0.29) is 11.3 Å². The van der Waals surface area contributed by atoms with Gasteiger partial charge in [0.25, 0.3) is 0 Å². The van der Waals surface area contributed by atoms with Crippen LogP contribution in [-0.4, -0.2) is 10.7 Å². The third-order valence-corrected chi connectivity index (χ3v) is 8.32. The van der Waals surface area contributed by atoms with Crippen molar-refractivity contribution in [3.05, 3.63) is 80.0 Å². The minimum absolute atomic E-state index is 0.120. The molecule has 7 heteroatoms. The summed E-state index contributed by atoms with van der Waals surface area (Å²) in [7, 11) is 0. The molecular weight excluding hydrogens is 530 g/mol. The molecule has 0 saturated heterocycles. The minimum atomic E-state index is 0.120. The molecule has 0 aliphatic heterocycles. The lowest BCUT2D eigenvalue weighted by Gasteiger charge is -2.47. The standard InChI is InChI=1S/C27H27BrClN3OS/c1-15-7-16(2)24(17(3)8-15)27(4)11-19(12-27)25(31-32-26-30-21(13-29)14-34-26)23-10-18-9-20(28)5-6-22(18)33-23/h5-10,14,19H,11-13H2,1-4H3,(H,30,32)/b31-25+. The summed E-state index contributed by atoms with van der Waals surface area (Å²) in [4.78, 5) is 4.49. The average molecular weight is 557 g/mol. The molecule has 0 amide bonds. The van der Waals surface area contributed by atoms with E-state index < -0.39 is 0 Å². The zero-order valence-corrected chi connectivity index (χ0v) is 22.9. The van der Waals surface area contributed by atoms with Crippen LogP contribution in [0.3, 0.4) is 0 Å². The van der Waals surface area contributed by atoms with Crippen molar-refractivity contribution in [1.29, 1.82) is 0 Å². The lowest BCUT2D eigenvalue weighted by Crippen LogP contribution is -2.43. The van der Waals surface area contributed by atoms with Crippen LogP contribution in [0.25, 0.3) is 11.0 Å². The fourth-order valence-electron chi connectivity index (χ4n) is 5.57. The molecule has 1 aliphatic carbocycles. The maximum absolute atomic E-state index is 6.26. The summed E-state index contributed by atoms with van der Waals surface area (Å²) in [6.07, 6.45) is 2.04. The number of anilines is 1. The molecule has 0 unspecified atom stereocenters. The number of rotatable bonds is 6. The molecule has 1 N–H and O–H groups in total. The molecule has 0 bridgehead atoms. The van der Waals surface area contributed by atoms with Crippen LogP contribution in [0.1, 0.15) is 53.5 Å². The monoisotopic (exact) mass is 555 g/mol. The van der Waals surface area contributed by atoms with Crippen LogP contribution in [-0.2, 0) is 11.3 Å². The molecular formula is C27H27BrClN3OS. The summed E-state index contributed by atoms with van der Waals surface area (Å²) in [5.41, 5.74) is 11.5. The first-order chi connectivity index (χ1) is 16.3. The Morgan fingerprint density at radius 2 is 1.94 bits per heavy atom. The number of nitrogens with one attached hydrogen (secondary N) is 1. The molecule has 176 valence electrons. The average Bonchev–Trinajstić information content (AvgIpc) is 3.38. The Morgan fingerprint density at radius 3 is 2.62 bits per heavy atom. The molecule has 5 rings (SSSR count). The van der Waals surface area contributed by atoms with Gasteiger partial charge in [0.1, 0.15) is 11.3 Å². The minimum Gasteiger partial charge on any atom is -0.455 e. The Labute approximate surface area is 217 Å². The number of aryl methyl sites for hydroxylation is 3.